The van der Waals surface area contributed by atoms with Crippen molar-refractivity contribution in [3.05, 3.63) is 64.2 Å². The largest absolute Gasteiger partial charge is 0.496 e. The van der Waals surface area contributed by atoms with Crippen LogP contribution < -0.4 is 15.0 Å². The van der Waals surface area contributed by atoms with E-state index in [1.807, 2.05) is 29.2 Å². The van der Waals surface area contributed by atoms with Gasteiger partial charge in [0, 0.05) is 38.8 Å². The summed E-state index contributed by atoms with van der Waals surface area (Å²) >= 11 is 0. The van der Waals surface area contributed by atoms with Gasteiger partial charge in [-0.3, -0.25) is 10.1 Å². The highest BCUT2D eigenvalue weighted by Crippen LogP contribution is 2.28. The highest BCUT2D eigenvalue weighted by molar-refractivity contribution is 5.75. The van der Waals surface area contributed by atoms with Gasteiger partial charge in [-0.05, 0) is 24.1 Å². The van der Waals surface area contributed by atoms with Crippen LogP contribution >= 0.6 is 0 Å². The molecule has 28 heavy (non-hydrogen) atoms. The molecule has 2 amide bonds. The summed E-state index contributed by atoms with van der Waals surface area (Å²) in [5.74, 6) is 0.815. The molecule has 8 nitrogen and oxygen atoms in total. The van der Waals surface area contributed by atoms with E-state index in [1.54, 1.807) is 30.2 Å². The zero-order valence-electron chi connectivity index (χ0n) is 15.8. The first kappa shape index (κ1) is 19.5. The van der Waals surface area contributed by atoms with Crippen molar-refractivity contribution in [3.63, 3.8) is 0 Å². The number of benzene rings is 2. The molecule has 2 aromatic rings. The summed E-state index contributed by atoms with van der Waals surface area (Å²) in [5, 5.41) is 14.2. The Kier molecular flexibility index (Phi) is 6.31. The van der Waals surface area contributed by atoms with Crippen LogP contribution in [0.4, 0.5) is 16.2 Å². The lowest BCUT2D eigenvalue weighted by Gasteiger charge is -2.35. The van der Waals surface area contributed by atoms with Gasteiger partial charge in [-0.25, -0.2) is 4.79 Å². The molecule has 0 atom stereocenters. The Morgan fingerprint density at radius 3 is 2.50 bits per heavy atom. The van der Waals surface area contributed by atoms with Crippen LogP contribution in [0.3, 0.4) is 0 Å². The van der Waals surface area contributed by atoms with E-state index in [0.717, 1.165) is 11.3 Å². The van der Waals surface area contributed by atoms with Crippen molar-refractivity contribution in [2.75, 3.05) is 44.7 Å². The standard InChI is InChI=1S/C20H24N4O4/c1-28-19-9-5-2-6-16(19)10-11-21-20(25)23-14-12-22(13-15-23)17-7-3-4-8-18(17)24(26)27/h2-9H,10-15H2,1H3,(H,21,25). The van der Waals surface area contributed by atoms with Gasteiger partial charge in [0.1, 0.15) is 11.4 Å². The van der Waals surface area contributed by atoms with Gasteiger partial charge in [0.05, 0.1) is 12.0 Å². The number of urea groups is 1. The first-order chi connectivity index (χ1) is 13.6. The SMILES string of the molecule is COc1ccccc1CCNC(=O)N1CCN(c2ccccc2[N+](=O)[O-])CC1. The molecule has 148 valence electrons. The molecule has 1 fully saturated rings. The van der Waals surface area contributed by atoms with E-state index in [2.05, 4.69) is 5.32 Å². The fourth-order valence-electron chi connectivity index (χ4n) is 3.36. The molecule has 0 aliphatic carbocycles. The van der Waals surface area contributed by atoms with Gasteiger partial charge in [-0.2, -0.15) is 0 Å². The molecule has 3 rings (SSSR count). The van der Waals surface area contributed by atoms with Crippen molar-refractivity contribution in [2.45, 2.75) is 6.42 Å². The maximum Gasteiger partial charge on any atom is 0.317 e. The smallest absolute Gasteiger partial charge is 0.317 e. The van der Waals surface area contributed by atoms with Crippen LogP contribution in [0, 0.1) is 10.1 Å². The number of hydrogen-bond acceptors (Lipinski definition) is 5. The Labute approximate surface area is 163 Å². The maximum absolute atomic E-state index is 12.4. The Bertz CT molecular complexity index is 834. The zero-order valence-corrected chi connectivity index (χ0v) is 15.8. The Morgan fingerprint density at radius 1 is 1.11 bits per heavy atom. The van der Waals surface area contributed by atoms with E-state index in [4.69, 9.17) is 4.74 Å². The molecule has 0 radical (unpaired) electrons. The number of piperazine rings is 1. The number of carbonyl (C=O) groups is 1. The van der Waals surface area contributed by atoms with Crippen LogP contribution in [0.5, 0.6) is 5.75 Å². The molecule has 0 bridgehead atoms. The topological polar surface area (TPSA) is 88.0 Å². The number of amides is 2. The number of nitrogens with zero attached hydrogens (tertiary/aromatic N) is 3. The van der Waals surface area contributed by atoms with Crippen LogP contribution in [0.25, 0.3) is 0 Å². The number of ether oxygens (including phenoxy) is 1. The molecular formula is C20H24N4O4. The Hall–Kier alpha value is -3.29. The Morgan fingerprint density at radius 2 is 1.79 bits per heavy atom. The summed E-state index contributed by atoms with van der Waals surface area (Å²) in [6, 6.07) is 14.3. The van der Waals surface area contributed by atoms with Gasteiger partial charge in [-0.1, -0.05) is 30.3 Å². The van der Waals surface area contributed by atoms with Gasteiger partial charge >= 0.3 is 6.03 Å². The summed E-state index contributed by atoms with van der Waals surface area (Å²) in [7, 11) is 1.63. The number of para-hydroxylation sites is 3. The number of methoxy groups -OCH3 is 1. The van der Waals surface area contributed by atoms with Gasteiger partial charge in [-0.15, -0.1) is 0 Å². The summed E-state index contributed by atoms with van der Waals surface area (Å²) < 4.78 is 5.32. The van der Waals surface area contributed by atoms with Crippen molar-refractivity contribution in [1.29, 1.82) is 0 Å². The average molecular weight is 384 g/mol. The van der Waals surface area contributed by atoms with Crippen LogP contribution in [0.2, 0.25) is 0 Å². The number of nitrogens with one attached hydrogen (secondary N) is 1. The van der Waals surface area contributed by atoms with Crippen molar-refractivity contribution in [1.82, 2.24) is 10.2 Å². The summed E-state index contributed by atoms with van der Waals surface area (Å²) in [5.41, 5.74) is 1.74. The molecule has 1 aliphatic heterocycles. The fourth-order valence-corrected chi connectivity index (χ4v) is 3.36. The van der Waals surface area contributed by atoms with Gasteiger partial charge in [0.2, 0.25) is 0 Å². The number of hydrogen-bond donors (Lipinski definition) is 1. The van der Waals surface area contributed by atoms with E-state index >= 15 is 0 Å². The first-order valence-corrected chi connectivity index (χ1v) is 9.23. The minimum absolute atomic E-state index is 0.0946. The molecule has 1 N–H and O–H groups in total. The molecule has 0 aromatic heterocycles. The van der Waals surface area contributed by atoms with Crippen LogP contribution in [-0.4, -0.2) is 55.7 Å². The second-order valence-electron chi connectivity index (χ2n) is 6.51. The zero-order chi connectivity index (χ0) is 19.9. The van der Waals surface area contributed by atoms with Gasteiger partial charge in [0.15, 0.2) is 0 Å². The van der Waals surface area contributed by atoms with Crippen LogP contribution in [0.15, 0.2) is 48.5 Å². The molecule has 0 spiro atoms. The molecule has 8 heteroatoms. The van der Waals surface area contributed by atoms with E-state index in [9.17, 15) is 14.9 Å². The first-order valence-electron chi connectivity index (χ1n) is 9.23. The second-order valence-corrected chi connectivity index (χ2v) is 6.51. The lowest BCUT2D eigenvalue weighted by atomic mass is 10.1. The lowest BCUT2D eigenvalue weighted by molar-refractivity contribution is -0.384. The quantitative estimate of drug-likeness (QED) is 0.611. The predicted molar refractivity (Wildman–Crippen MR) is 107 cm³/mol. The molecule has 0 saturated carbocycles. The van der Waals surface area contributed by atoms with E-state index < -0.39 is 0 Å². The summed E-state index contributed by atoms with van der Waals surface area (Å²) in [6.45, 7) is 2.68. The summed E-state index contributed by atoms with van der Waals surface area (Å²) in [4.78, 5) is 27.0. The van der Waals surface area contributed by atoms with Crippen LogP contribution in [-0.2, 0) is 6.42 Å². The van der Waals surface area contributed by atoms with Crippen LogP contribution in [0.1, 0.15) is 5.56 Å². The number of carbonyl (C=O) groups excluding carboxylic acids is 1. The maximum atomic E-state index is 12.4. The lowest BCUT2D eigenvalue weighted by Crippen LogP contribution is -2.52. The highest BCUT2D eigenvalue weighted by Gasteiger charge is 2.25. The van der Waals surface area contributed by atoms with E-state index in [-0.39, 0.29) is 16.6 Å². The number of nitro benzene ring substituents is 1. The molecule has 2 aromatic carbocycles. The van der Waals surface area contributed by atoms with E-state index in [1.165, 1.54) is 6.07 Å². The normalized spacial score (nSPS) is 13.9. The van der Waals surface area contributed by atoms with E-state index in [0.29, 0.717) is 44.8 Å². The average Bonchev–Trinajstić information content (AvgIpc) is 2.74. The third-order valence-electron chi connectivity index (χ3n) is 4.85. The number of nitro groups is 1. The molecule has 0 unspecified atom stereocenters. The van der Waals surface area contributed by atoms with Crippen molar-refractivity contribution < 1.29 is 14.5 Å². The molecular weight excluding hydrogens is 360 g/mol. The van der Waals surface area contributed by atoms with Gasteiger partial charge < -0.3 is 19.9 Å². The Balaban J connectivity index is 1.50. The molecule has 1 heterocycles. The third-order valence-corrected chi connectivity index (χ3v) is 4.85. The predicted octanol–water partition coefficient (Wildman–Crippen LogP) is 2.68. The van der Waals surface area contributed by atoms with Crippen molar-refractivity contribution >= 4 is 17.4 Å². The van der Waals surface area contributed by atoms with Crippen molar-refractivity contribution in [2.24, 2.45) is 0 Å². The second kappa shape index (κ2) is 9.07. The molecule has 1 aliphatic rings. The van der Waals surface area contributed by atoms with Crippen molar-refractivity contribution in [3.8, 4) is 5.75 Å². The number of rotatable bonds is 6. The minimum atomic E-state index is -0.369. The summed E-state index contributed by atoms with van der Waals surface area (Å²) in [6.07, 6.45) is 0.686. The highest BCUT2D eigenvalue weighted by atomic mass is 16.6. The van der Waals surface area contributed by atoms with Gasteiger partial charge in [0.25, 0.3) is 5.69 Å². The third kappa shape index (κ3) is 4.51. The monoisotopic (exact) mass is 384 g/mol. The minimum Gasteiger partial charge on any atom is -0.496 e. The fraction of sp³-hybridized carbons (Fsp3) is 0.350. The number of anilines is 1. The molecule has 1 saturated heterocycles.